The van der Waals surface area contributed by atoms with E-state index in [4.69, 9.17) is 14.6 Å². The highest BCUT2D eigenvalue weighted by Crippen LogP contribution is 2.29. The highest BCUT2D eigenvalue weighted by molar-refractivity contribution is 5.67. The van der Waals surface area contributed by atoms with Gasteiger partial charge < -0.3 is 25.0 Å². The van der Waals surface area contributed by atoms with E-state index in [1.807, 2.05) is 13.0 Å². The van der Waals surface area contributed by atoms with Crippen LogP contribution in [0.5, 0.6) is 5.75 Å². The maximum atomic E-state index is 11.0. The molecule has 0 amide bonds. The third-order valence-corrected chi connectivity index (χ3v) is 3.19. The summed E-state index contributed by atoms with van der Waals surface area (Å²) in [7, 11) is 3.08. The number of carboxylic acids is 1. The number of hydrogen-bond donors (Lipinski definition) is 3. The third-order valence-electron chi connectivity index (χ3n) is 3.19. The number of methoxy groups -OCH3 is 2. The van der Waals surface area contributed by atoms with E-state index in [2.05, 4.69) is 5.32 Å². The summed E-state index contributed by atoms with van der Waals surface area (Å²) < 4.78 is 10.2. The van der Waals surface area contributed by atoms with E-state index in [-0.39, 0.29) is 6.42 Å². The van der Waals surface area contributed by atoms with Gasteiger partial charge >= 0.3 is 5.97 Å². The lowest BCUT2D eigenvalue weighted by molar-refractivity contribution is -0.138. The van der Waals surface area contributed by atoms with E-state index in [1.54, 1.807) is 19.2 Å². The van der Waals surface area contributed by atoms with Crippen molar-refractivity contribution in [2.24, 2.45) is 0 Å². The Hall–Kier alpha value is -1.63. The number of benzene rings is 1. The number of aliphatic hydroxyl groups excluding tert-OH is 1. The molecule has 1 rings (SSSR count). The molecule has 0 aliphatic rings. The van der Waals surface area contributed by atoms with Gasteiger partial charge in [0.2, 0.25) is 0 Å². The molecule has 6 nitrogen and oxygen atoms in total. The van der Waals surface area contributed by atoms with Crippen molar-refractivity contribution in [1.29, 1.82) is 0 Å². The summed E-state index contributed by atoms with van der Waals surface area (Å²) in [6.07, 6.45) is -1.17. The smallest absolute Gasteiger partial charge is 0.305 e. The van der Waals surface area contributed by atoms with Gasteiger partial charge in [-0.1, -0.05) is 11.6 Å². The van der Waals surface area contributed by atoms with Crippen LogP contribution in [-0.2, 0) is 9.53 Å². The molecule has 21 heavy (non-hydrogen) atoms. The summed E-state index contributed by atoms with van der Waals surface area (Å²) >= 11 is 0. The van der Waals surface area contributed by atoms with Gasteiger partial charge in [-0.2, -0.15) is 0 Å². The average Bonchev–Trinajstić information content (AvgIpc) is 2.45. The van der Waals surface area contributed by atoms with Crippen LogP contribution < -0.4 is 10.1 Å². The van der Waals surface area contributed by atoms with Crippen molar-refractivity contribution in [3.63, 3.8) is 0 Å². The lowest BCUT2D eigenvalue weighted by atomic mass is 9.97. The Bertz CT molecular complexity index is 463. The Labute approximate surface area is 124 Å². The van der Waals surface area contributed by atoms with Crippen LogP contribution in [0.3, 0.4) is 0 Å². The summed E-state index contributed by atoms with van der Waals surface area (Å²) in [6, 6.07) is 4.82. The third kappa shape index (κ3) is 5.34. The number of carbonyl (C=O) groups is 1. The highest BCUT2D eigenvalue weighted by Gasteiger charge is 2.25. The van der Waals surface area contributed by atoms with Crippen LogP contribution in [0.25, 0.3) is 0 Å². The zero-order valence-electron chi connectivity index (χ0n) is 12.6. The first-order valence-corrected chi connectivity index (χ1v) is 6.76. The normalized spacial score (nSPS) is 13.7. The fraction of sp³-hybridized carbons (Fsp3) is 0.533. The van der Waals surface area contributed by atoms with Crippen LogP contribution in [0.4, 0.5) is 0 Å². The molecule has 0 aromatic heterocycles. The molecule has 0 heterocycles. The van der Waals surface area contributed by atoms with Gasteiger partial charge in [0.25, 0.3) is 0 Å². The average molecular weight is 297 g/mol. The van der Waals surface area contributed by atoms with Crippen LogP contribution in [0.1, 0.15) is 23.7 Å². The van der Waals surface area contributed by atoms with E-state index in [0.717, 1.165) is 5.56 Å². The van der Waals surface area contributed by atoms with Crippen molar-refractivity contribution in [2.75, 3.05) is 27.4 Å². The van der Waals surface area contributed by atoms with E-state index >= 15 is 0 Å². The first-order chi connectivity index (χ1) is 9.99. The standard InChI is InChI=1S/C15H23NO5/c1-10-4-5-13(21-3)11(8-10)15(19)12(9-14(17)18)16-6-7-20-2/h4-5,8,12,15-16,19H,6-7,9H2,1-3H3,(H,17,18). The van der Waals surface area contributed by atoms with Crippen LogP contribution in [0.15, 0.2) is 18.2 Å². The second kappa shape index (κ2) is 8.61. The molecule has 0 aliphatic carbocycles. The van der Waals surface area contributed by atoms with E-state index in [0.29, 0.717) is 24.5 Å². The van der Waals surface area contributed by atoms with E-state index in [1.165, 1.54) is 7.11 Å². The summed E-state index contributed by atoms with van der Waals surface area (Å²) in [6.45, 7) is 2.80. The van der Waals surface area contributed by atoms with Crippen molar-refractivity contribution < 1.29 is 24.5 Å². The minimum Gasteiger partial charge on any atom is -0.496 e. The maximum Gasteiger partial charge on any atom is 0.305 e. The summed E-state index contributed by atoms with van der Waals surface area (Å²) in [5, 5.41) is 22.5. The quantitative estimate of drug-likeness (QED) is 0.592. The van der Waals surface area contributed by atoms with Gasteiger partial charge in [-0.15, -0.1) is 0 Å². The second-order valence-corrected chi connectivity index (χ2v) is 4.84. The van der Waals surface area contributed by atoms with Crippen molar-refractivity contribution in [3.05, 3.63) is 29.3 Å². The topological polar surface area (TPSA) is 88.0 Å². The first kappa shape index (κ1) is 17.4. The van der Waals surface area contributed by atoms with Crippen molar-refractivity contribution >= 4 is 5.97 Å². The molecule has 0 saturated heterocycles. The van der Waals surface area contributed by atoms with Crippen LogP contribution in [0, 0.1) is 6.92 Å². The Morgan fingerprint density at radius 2 is 2.10 bits per heavy atom. The Balaban J connectivity index is 2.94. The number of ether oxygens (including phenoxy) is 2. The van der Waals surface area contributed by atoms with Crippen molar-refractivity contribution in [2.45, 2.75) is 25.5 Å². The first-order valence-electron chi connectivity index (χ1n) is 6.76. The van der Waals surface area contributed by atoms with Gasteiger partial charge in [-0.25, -0.2) is 0 Å². The summed E-state index contributed by atoms with van der Waals surface area (Å²) in [5.41, 5.74) is 1.55. The molecule has 2 atom stereocenters. The number of aliphatic hydroxyl groups is 1. The summed E-state index contributed by atoms with van der Waals surface area (Å²) in [5.74, 6) is -0.437. The second-order valence-electron chi connectivity index (χ2n) is 4.84. The van der Waals surface area contributed by atoms with Gasteiger partial charge in [0.15, 0.2) is 0 Å². The van der Waals surface area contributed by atoms with E-state index in [9.17, 15) is 9.90 Å². The predicted octanol–water partition coefficient (Wildman–Crippen LogP) is 1.12. The van der Waals surface area contributed by atoms with Gasteiger partial charge in [-0.05, 0) is 19.1 Å². The molecule has 1 aromatic carbocycles. The van der Waals surface area contributed by atoms with Crippen LogP contribution in [0.2, 0.25) is 0 Å². The minimum absolute atomic E-state index is 0.192. The Kier molecular flexibility index (Phi) is 7.14. The van der Waals surface area contributed by atoms with Crippen LogP contribution >= 0.6 is 0 Å². The number of carboxylic acid groups (broad SMARTS) is 1. The molecule has 0 spiro atoms. The molecule has 118 valence electrons. The number of aliphatic carboxylic acids is 1. The van der Waals surface area contributed by atoms with Crippen molar-refractivity contribution in [1.82, 2.24) is 5.32 Å². The fourth-order valence-corrected chi connectivity index (χ4v) is 2.13. The molecule has 0 radical (unpaired) electrons. The molecule has 0 aliphatic heterocycles. The highest BCUT2D eigenvalue weighted by atomic mass is 16.5. The molecule has 2 unspecified atom stereocenters. The molecule has 0 fully saturated rings. The lowest BCUT2D eigenvalue weighted by Gasteiger charge is -2.24. The SMILES string of the molecule is COCCNC(CC(=O)O)C(O)c1cc(C)ccc1OC. The number of hydrogen-bond acceptors (Lipinski definition) is 5. The molecule has 6 heteroatoms. The number of nitrogens with one attached hydrogen (secondary N) is 1. The number of aryl methyl sites for hydroxylation is 1. The van der Waals surface area contributed by atoms with Gasteiger partial charge in [-0.3, -0.25) is 4.79 Å². The van der Waals surface area contributed by atoms with Gasteiger partial charge in [0.05, 0.1) is 26.2 Å². The fourth-order valence-electron chi connectivity index (χ4n) is 2.13. The molecular formula is C15H23NO5. The minimum atomic E-state index is -0.979. The number of rotatable bonds is 9. The van der Waals surface area contributed by atoms with E-state index < -0.39 is 18.1 Å². The molecule has 1 aromatic rings. The molecule has 0 saturated carbocycles. The van der Waals surface area contributed by atoms with Crippen LogP contribution in [-0.4, -0.2) is 49.6 Å². The maximum absolute atomic E-state index is 11.0. The Morgan fingerprint density at radius 1 is 1.38 bits per heavy atom. The zero-order valence-corrected chi connectivity index (χ0v) is 12.6. The zero-order chi connectivity index (χ0) is 15.8. The summed E-state index contributed by atoms with van der Waals surface area (Å²) in [4.78, 5) is 11.0. The van der Waals surface area contributed by atoms with Crippen molar-refractivity contribution in [3.8, 4) is 5.75 Å². The van der Waals surface area contributed by atoms with Gasteiger partial charge in [0, 0.05) is 25.3 Å². The monoisotopic (exact) mass is 297 g/mol. The largest absolute Gasteiger partial charge is 0.496 e. The molecule has 3 N–H and O–H groups in total. The Morgan fingerprint density at radius 3 is 2.67 bits per heavy atom. The predicted molar refractivity (Wildman–Crippen MR) is 78.6 cm³/mol. The lowest BCUT2D eigenvalue weighted by Crippen LogP contribution is -2.38. The van der Waals surface area contributed by atoms with Gasteiger partial charge in [0.1, 0.15) is 5.75 Å². The molecular weight excluding hydrogens is 274 g/mol. The molecule has 0 bridgehead atoms.